The number of nitrogens with one attached hydrogen (secondary N) is 1. The Kier molecular flexibility index (Phi) is 3.03. The van der Waals surface area contributed by atoms with Crippen molar-refractivity contribution >= 4 is 27.0 Å². The molecule has 1 aliphatic heterocycles. The van der Waals surface area contributed by atoms with Crippen LogP contribution < -0.4 is 5.69 Å². The van der Waals surface area contributed by atoms with Gasteiger partial charge in [-0.1, -0.05) is 22.9 Å². The largest absolute Gasteiger partial charge is 0.327 e. The first kappa shape index (κ1) is 12.0. The fraction of sp³-hybridized carbons (Fsp3) is 0.462. The normalized spacial score (nSPS) is 20.9. The lowest BCUT2D eigenvalue weighted by Crippen LogP contribution is -2.32. The Morgan fingerprint density at radius 1 is 1.50 bits per heavy atom. The van der Waals surface area contributed by atoms with Crippen molar-refractivity contribution in [2.75, 3.05) is 13.1 Å². The molecule has 18 heavy (non-hydrogen) atoms. The quantitative estimate of drug-likeness (QED) is 0.926. The highest BCUT2D eigenvalue weighted by Gasteiger charge is 2.27. The second-order valence-corrected chi connectivity index (χ2v) is 5.63. The van der Waals surface area contributed by atoms with Gasteiger partial charge in [-0.05, 0) is 37.6 Å². The van der Waals surface area contributed by atoms with Gasteiger partial charge in [-0.3, -0.25) is 9.47 Å². The van der Waals surface area contributed by atoms with Crippen LogP contribution in [0.3, 0.4) is 0 Å². The van der Waals surface area contributed by atoms with Gasteiger partial charge in [-0.25, -0.2) is 4.79 Å². The van der Waals surface area contributed by atoms with E-state index in [9.17, 15) is 4.79 Å². The van der Waals surface area contributed by atoms with Gasteiger partial charge in [-0.2, -0.15) is 0 Å². The van der Waals surface area contributed by atoms with Crippen LogP contribution in [0.4, 0.5) is 0 Å². The van der Waals surface area contributed by atoms with Crippen molar-refractivity contribution in [1.29, 1.82) is 0 Å². The van der Waals surface area contributed by atoms with E-state index in [1.165, 1.54) is 0 Å². The second-order valence-electron chi connectivity index (χ2n) is 4.71. The Labute approximate surface area is 114 Å². The minimum Gasteiger partial charge on any atom is -0.305 e. The molecular formula is C13H16BrN3O. The maximum Gasteiger partial charge on any atom is 0.327 e. The molecule has 5 heteroatoms. The van der Waals surface area contributed by atoms with Crippen LogP contribution in [0.2, 0.25) is 0 Å². The van der Waals surface area contributed by atoms with Gasteiger partial charge in [0.1, 0.15) is 0 Å². The first-order valence-electron chi connectivity index (χ1n) is 6.34. The van der Waals surface area contributed by atoms with Gasteiger partial charge in [0.2, 0.25) is 0 Å². The molecule has 0 spiro atoms. The van der Waals surface area contributed by atoms with Crippen molar-refractivity contribution in [3.63, 3.8) is 0 Å². The zero-order chi connectivity index (χ0) is 12.7. The highest BCUT2D eigenvalue weighted by atomic mass is 79.9. The number of nitrogens with zero attached hydrogens (tertiary/aromatic N) is 2. The van der Waals surface area contributed by atoms with E-state index in [-0.39, 0.29) is 11.9 Å². The van der Waals surface area contributed by atoms with Crippen LogP contribution in [0.15, 0.2) is 27.5 Å². The molecule has 96 valence electrons. The number of halogens is 1. The molecule has 0 saturated carbocycles. The molecule has 0 aliphatic carbocycles. The molecule has 4 nitrogen and oxygen atoms in total. The molecule has 1 atom stereocenters. The lowest BCUT2D eigenvalue weighted by atomic mass is 10.3. The third-order valence-electron chi connectivity index (χ3n) is 3.71. The van der Waals surface area contributed by atoms with Crippen LogP contribution in [-0.2, 0) is 0 Å². The van der Waals surface area contributed by atoms with Gasteiger partial charge >= 0.3 is 5.69 Å². The summed E-state index contributed by atoms with van der Waals surface area (Å²) >= 11 is 3.43. The van der Waals surface area contributed by atoms with E-state index in [1.807, 2.05) is 22.8 Å². The number of aromatic nitrogens is 2. The van der Waals surface area contributed by atoms with E-state index < -0.39 is 0 Å². The predicted molar refractivity (Wildman–Crippen MR) is 75.8 cm³/mol. The lowest BCUT2D eigenvalue weighted by Gasteiger charge is -2.23. The number of aromatic amines is 1. The van der Waals surface area contributed by atoms with Gasteiger partial charge in [0.25, 0.3) is 0 Å². The van der Waals surface area contributed by atoms with Crippen LogP contribution in [0.5, 0.6) is 0 Å². The Balaban J connectivity index is 2.16. The summed E-state index contributed by atoms with van der Waals surface area (Å²) in [7, 11) is 0. The van der Waals surface area contributed by atoms with E-state index in [4.69, 9.17) is 0 Å². The first-order chi connectivity index (χ1) is 8.70. The van der Waals surface area contributed by atoms with Gasteiger partial charge in [-0.15, -0.1) is 0 Å². The average Bonchev–Trinajstić information content (AvgIpc) is 2.90. The Bertz CT molecular complexity index is 631. The molecule has 1 aromatic heterocycles. The number of H-pyrrole nitrogens is 1. The number of imidazole rings is 1. The molecule has 3 rings (SSSR count). The second kappa shape index (κ2) is 4.55. The summed E-state index contributed by atoms with van der Waals surface area (Å²) in [6.45, 7) is 4.21. The van der Waals surface area contributed by atoms with E-state index in [0.717, 1.165) is 41.4 Å². The fourth-order valence-corrected chi connectivity index (χ4v) is 3.23. The maximum absolute atomic E-state index is 12.2. The van der Waals surface area contributed by atoms with Gasteiger partial charge in [0.15, 0.2) is 0 Å². The molecule has 1 aromatic carbocycles. The monoisotopic (exact) mass is 309 g/mol. The van der Waals surface area contributed by atoms with Crippen molar-refractivity contribution in [2.45, 2.75) is 25.9 Å². The highest BCUT2D eigenvalue weighted by molar-refractivity contribution is 9.10. The minimum atomic E-state index is -0.00606. The van der Waals surface area contributed by atoms with E-state index >= 15 is 0 Å². The molecular weight excluding hydrogens is 294 g/mol. The van der Waals surface area contributed by atoms with Gasteiger partial charge in [0.05, 0.1) is 17.2 Å². The summed E-state index contributed by atoms with van der Waals surface area (Å²) in [6.07, 6.45) is 2.42. The molecule has 2 aromatic rings. The summed E-state index contributed by atoms with van der Waals surface area (Å²) in [5, 5.41) is 0. The average molecular weight is 310 g/mol. The lowest BCUT2D eigenvalue weighted by molar-refractivity contribution is 0.204. The summed E-state index contributed by atoms with van der Waals surface area (Å²) in [5.74, 6) is 0. The smallest absolute Gasteiger partial charge is 0.305 e. The molecule has 1 aliphatic rings. The minimum absolute atomic E-state index is 0.00606. The Morgan fingerprint density at radius 3 is 3.11 bits per heavy atom. The highest BCUT2D eigenvalue weighted by Crippen LogP contribution is 2.28. The number of hydrogen-bond acceptors (Lipinski definition) is 2. The molecule has 2 heterocycles. The first-order valence-corrected chi connectivity index (χ1v) is 7.14. The van der Waals surface area contributed by atoms with Crippen LogP contribution in [-0.4, -0.2) is 27.5 Å². The number of likely N-dealkylation sites (tertiary alicyclic amines) is 1. The summed E-state index contributed by atoms with van der Waals surface area (Å²) in [6, 6.07) is 5.94. The van der Waals surface area contributed by atoms with Gasteiger partial charge in [0, 0.05) is 11.0 Å². The van der Waals surface area contributed by atoms with Crippen molar-refractivity contribution in [3.05, 3.63) is 33.2 Å². The summed E-state index contributed by atoms with van der Waals surface area (Å²) in [4.78, 5) is 17.5. The van der Waals surface area contributed by atoms with Crippen molar-refractivity contribution < 1.29 is 0 Å². The standard InChI is InChI=1S/C13H16BrN3O/c1-2-16-7-3-4-12(16)17-11-6-5-9(14)8-10(11)15-13(17)18/h5-6,8,12H,2-4,7H2,1H3,(H,15,18). The van der Waals surface area contributed by atoms with E-state index in [2.05, 4.69) is 32.7 Å². The van der Waals surface area contributed by atoms with Crippen LogP contribution in [0.25, 0.3) is 11.0 Å². The number of benzene rings is 1. The predicted octanol–water partition coefficient (Wildman–Crippen LogP) is 2.71. The van der Waals surface area contributed by atoms with Crippen molar-refractivity contribution in [2.24, 2.45) is 0 Å². The van der Waals surface area contributed by atoms with Crippen molar-refractivity contribution in [3.8, 4) is 0 Å². The van der Waals surface area contributed by atoms with E-state index in [0.29, 0.717) is 0 Å². The van der Waals surface area contributed by atoms with Crippen molar-refractivity contribution in [1.82, 2.24) is 14.5 Å². The Hall–Kier alpha value is -1.07. The number of hydrogen-bond donors (Lipinski definition) is 1. The molecule has 0 bridgehead atoms. The fourth-order valence-electron chi connectivity index (χ4n) is 2.87. The van der Waals surface area contributed by atoms with Crippen LogP contribution >= 0.6 is 15.9 Å². The van der Waals surface area contributed by atoms with Gasteiger partial charge < -0.3 is 4.98 Å². The SMILES string of the molecule is CCN1CCCC1n1c(=O)[nH]c2cc(Br)ccc21. The van der Waals surface area contributed by atoms with Crippen LogP contribution in [0, 0.1) is 0 Å². The van der Waals surface area contributed by atoms with Crippen LogP contribution in [0.1, 0.15) is 25.9 Å². The summed E-state index contributed by atoms with van der Waals surface area (Å²) < 4.78 is 2.89. The Morgan fingerprint density at radius 2 is 2.33 bits per heavy atom. The molecule has 1 unspecified atom stereocenters. The topological polar surface area (TPSA) is 41.0 Å². The maximum atomic E-state index is 12.2. The molecule has 0 radical (unpaired) electrons. The van der Waals surface area contributed by atoms with E-state index in [1.54, 1.807) is 0 Å². The zero-order valence-corrected chi connectivity index (χ0v) is 11.9. The number of fused-ring (bicyclic) bond motifs is 1. The third-order valence-corrected chi connectivity index (χ3v) is 4.21. The molecule has 1 fully saturated rings. The number of rotatable bonds is 2. The summed E-state index contributed by atoms with van der Waals surface area (Å²) in [5.41, 5.74) is 1.89. The zero-order valence-electron chi connectivity index (χ0n) is 10.3. The molecule has 1 saturated heterocycles. The third kappa shape index (κ3) is 1.82. The molecule has 1 N–H and O–H groups in total. The molecule has 0 amide bonds.